The van der Waals surface area contributed by atoms with Gasteiger partial charge in [0.05, 0.1) is 11.4 Å². The number of nitrogens with one attached hydrogen (secondary N) is 1. The molecule has 0 aliphatic heterocycles. The summed E-state index contributed by atoms with van der Waals surface area (Å²) in [6.45, 7) is 12.8. The van der Waals surface area contributed by atoms with Crippen LogP contribution >= 0.6 is 11.3 Å². The van der Waals surface area contributed by atoms with Gasteiger partial charge in [-0.25, -0.2) is 4.98 Å². The van der Waals surface area contributed by atoms with Crippen LogP contribution in [0.2, 0.25) is 0 Å². The molecule has 0 saturated heterocycles. The van der Waals surface area contributed by atoms with E-state index in [1.54, 1.807) is 11.3 Å². The summed E-state index contributed by atoms with van der Waals surface area (Å²) in [6.07, 6.45) is 2.17. The van der Waals surface area contributed by atoms with Crippen LogP contribution in [-0.2, 0) is 6.54 Å². The van der Waals surface area contributed by atoms with E-state index in [0.29, 0.717) is 5.41 Å². The molecular formula is C13H21N3S. The molecule has 0 unspecified atom stereocenters. The molecule has 2 rings (SSSR count). The number of imidazole rings is 1. The number of aryl methyl sites for hydroxylation is 2. The Balaban J connectivity index is 2.14. The third-order valence-electron chi connectivity index (χ3n) is 2.69. The van der Waals surface area contributed by atoms with Crippen molar-refractivity contribution in [3.63, 3.8) is 0 Å². The Hall–Kier alpha value is -0.870. The molecule has 0 fully saturated rings. The van der Waals surface area contributed by atoms with Crippen LogP contribution in [0.15, 0.2) is 6.20 Å². The summed E-state index contributed by atoms with van der Waals surface area (Å²) in [5, 5.41) is 3.51. The molecule has 17 heavy (non-hydrogen) atoms. The topological polar surface area (TPSA) is 29.3 Å². The quantitative estimate of drug-likeness (QED) is 0.908. The summed E-state index contributed by atoms with van der Waals surface area (Å²) >= 11 is 1.75. The van der Waals surface area contributed by atoms with E-state index >= 15 is 0 Å². The predicted octanol–water partition coefficient (Wildman–Crippen LogP) is 3.15. The standard InChI is InChI=1S/C13H21N3S/c1-9-7-16-11(6-14-8-13(3,4)5)10(2)15-12(16)17-9/h7,14H,6,8H2,1-5H3. The zero-order valence-corrected chi connectivity index (χ0v) is 12.1. The van der Waals surface area contributed by atoms with Gasteiger partial charge in [0.1, 0.15) is 0 Å². The van der Waals surface area contributed by atoms with E-state index in [4.69, 9.17) is 0 Å². The SMILES string of the molecule is Cc1cn2c(CNCC(C)(C)C)c(C)nc2s1. The van der Waals surface area contributed by atoms with Crippen LogP contribution in [0.5, 0.6) is 0 Å². The molecule has 0 amide bonds. The predicted molar refractivity (Wildman–Crippen MR) is 73.7 cm³/mol. The van der Waals surface area contributed by atoms with Gasteiger partial charge < -0.3 is 5.32 Å². The highest BCUT2D eigenvalue weighted by Gasteiger charge is 2.13. The first-order valence-electron chi connectivity index (χ1n) is 6.01. The van der Waals surface area contributed by atoms with Crippen LogP contribution in [0.4, 0.5) is 0 Å². The lowest BCUT2D eigenvalue weighted by Gasteiger charge is -2.18. The first-order chi connectivity index (χ1) is 7.87. The minimum absolute atomic E-state index is 0.322. The molecule has 0 radical (unpaired) electrons. The largest absolute Gasteiger partial charge is 0.311 e. The van der Waals surface area contributed by atoms with Crippen molar-refractivity contribution in [1.29, 1.82) is 0 Å². The van der Waals surface area contributed by atoms with E-state index in [9.17, 15) is 0 Å². The molecule has 3 nitrogen and oxygen atoms in total. The minimum atomic E-state index is 0.322. The molecule has 94 valence electrons. The third kappa shape index (κ3) is 2.87. The Labute approximate surface area is 107 Å². The maximum atomic E-state index is 4.59. The highest BCUT2D eigenvalue weighted by molar-refractivity contribution is 7.17. The van der Waals surface area contributed by atoms with E-state index in [-0.39, 0.29) is 0 Å². The van der Waals surface area contributed by atoms with Crippen LogP contribution in [0.1, 0.15) is 37.0 Å². The van der Waals surface area contributed by atoms with Gasteiger partial charge in [0, 0.05) is 24.2 Å². The smallest absolute Gasteiger partial charge is 0.194 e. The fourth-order valence-electron chi connectivity index (χ4n) is 1.88. The van der Waals surface area contributed by atoms with Crippen LogP contribution in [0.25, 0.3) is 4.96 Å². The van der Waals surface area contributed by atoms with Crippen molar-refractivity contribution in [3.8, 4) is 0 Å². The summed E-state index contributed by atoms with van der Waals surface area (Å²) < 4.78 is 2.21. The number of rotatable bonds is 3. The first kappa shape index (κ1) is 12.6. The Morgan fingerprint density at radius 1 is 1.35 bits per heavy atom. The third-order valence-corrected chi connectivity index (χ3v) is 3.59. The lowest BCUT2D eigenvalue weighted by atomic mass is 9.97. The lowest BCUT2D eigenvalue weighted by Crippen LogP contribution is -2.27. The van der Waals surface area contributed by atoms with Gasteiger partial charge in [-0.3, -0.25) is 4.40 Å². The summed E-state index contributed by atoms with van der Waals surface area (Å²) in [7, 11) is 0. The summed E-state index contributed by atoms with van der Waals surface area (Å²) in [6, 6.07) is 0. The number of hydrogen-bond donors (Lipinski definition) is 1. The molecule has 4 heteroatoms. The van der Waals surface area contributed by atoms with Crippen molar-refractivity contribution < 1.29 is 0 Å². The first-order valence-corrected chi connectivity index (χ1v) is 6.83. The van der Waals surface area contributed by atoms with Crippen LogP contribution < -0.4 is 5.32 Å². The van der Waals surface area contributed by atoms with Crippen molar-refractivity contribution in [2.75, 3.05) is 6.54 Å². The normalized spacial score (nSPS) is 12.5. The molecule has 0 aliphatic carbocycles. The van der Waals surface area contributed by atoms with E-state index in [1.807, 2.05) is 0 Å². The Bertz CT molecular complexity index is 516. The molecular weight excluding hydrogens is 230 g/mol. The van der Waals surface area contributed by atoms with E-state index in [0.717, 1.165) is 23.7 Å². The summed E-state index contributed by atoms with van der Waals surface area (Å²) in [5.74, 6) is 0. The highest BCUT2D eigenvalue weighted by Crippen LogP contribution is 2.20. The highest BCUT2D eigenvalue weighted by atomic mass is 32.1. The van der Waals surface area contributed by atoms with Crippen molar-refractivity contribution in [1.82, 2.24) is 14.7 Å². The molecule has 2 aromatic rings. The average molecular weight is 251 g/mol. The number of fused-ring (bicyclic) bond motifs is 1. The molecule has 0 spiro atoms. The Morgan fingerprint density at radius 3 is 2.71 bits per heavy atom. The molecule has 1 N–H and O–H groups in total. The van der Waals surface area contributed by atoms with Crippen molar-refractivity contribution in [2.24, 2.45) is 5.41 Å². The maximum Gasteiger partial charge on any atom is 0.194 e. The van der Waals surface area contributed by atoms with Crippen molar-refractivity contribution >= 4 is 16.3 Å². The lowest BCUT2D eigenvalue weighted by molar-refractivity contribution is 0.378. The van der Waals surface area contributed by atoms with Gasteiger partial charge in [-0.05, 0) is 19.3 Å². The summed E-state index contributed by atoms with van der Waals surface area (Å²) in [5.41, 5.74) is 2.74. The molecule has 0 saturated carbocycles. The maximum absolute atomic E-state index is 4.59. The second-order valence-corrected chi connectivity index (χ2v) is 7.02. The van der Waals surface area contributed by atoms with E-state index in [2.05, 4.69) is 55.5 Å². The van der Waals surface area contributed by atoms with Gasteiger partial charge in [-0.1, -0.05) is 20.8 Å². The molecule has 2 aromatic heterocycles. The van der Waals surface area contributed by atoms with Gasteiger partial charge in [0.25, 0.3) is 0 Å². The fraction of sp³-hybridized carbons (Fsp3) is 0.615. The molecule has 2 heterocycles. The second kappa shape index (κ2) is 4.42. The van der Waals surface area contributed by atoms with Gasteiger partial charge in [0.2, 0.25) is 0 Å². The number of hydrogen-bond acceptors (Lipinski definition) is 3. The van der Waals surface area contributed by atoms with Crippen molar-refractivity contribution in [3.05, 3.63) is 22.5 Å². The average Bonchev–Trinajstić information content (AvgIpc) is 2.62. The number of thiazole rings is 1. The van der Waals surface area contributed by atoms with E-state index in [1.165, 1.54) is 10.6 Å². The second-order valence-electron chi connectivity index (χ2n) is 5.80. The van der Waals surface area contributed by atoms with E-state index < -0.39 is 0 Å². The molecule has 0 bridgehead atoms. The zero-order chi connectivity index (χ0) is 12.6. The number of aromatic nitrogens is 2. The molecule has 0 atom stereocenters. The molecule has 0 aliphatic rings. The molecule has 0 aromatic carbocycles. The van der Waals surface area contributed by atoms with Gasteiger partial charge >= 0.3 is 0 Å². The van der Waals surface area contributed by atoms with Crippen LogP contribution in [-0.4, -0.2) is 15.9 Å². The van der Waals surface area contributed by atoms with Crippen molar-refractivity contribution in [2.45, 2.75) is 41.2 Å². The van der Waals surface area contributed by atoms with Gasteiger partial charge in [-0.2, -0.15) is 0 Å². The van der Waals surface area contributed by atoms with Gasteiger partial charge in [-0.15, -0.1) is 11.3 Å². The Morgan fingerprint density at radius 2 is 2.06 bits per heavy atom. The fourth-order valence-corrected chi connectivity index (χ4v) is 2.77. The zero-order valence-electron chi connectivity index (χ0n) is 11.3. The number of nitrogens with zero attached hydrogens (tertiary/aromatic N) is 2. The summed E-state index contributed by atoms with van der Waals surface area (Å²) in [4.78, 5) is 7.00. The van der Waals surface area contributed by atoms with Gasteiger partial charge in [0.15, 0.2) is 4.96 Å². The monoisotopic (exact) mass is 251 g/mol. The Kier molecular flexibility index (Phi) is 3.27. The van der Waals surface area contributed by atoms with Crippen LogP contribution in [0.3, 0.4) is 0 Å². The van der Waals surface area contributed by atoms with Crippen LogP contribution in [0, 0.1) is 19.3 Å². The minimum Gasteiger partial charge on any atom is -0.311 e.